The Morgan fingerprint density at radius 1 is 1.08 bits per heavy atom. The highest BCUT2D eigenvalue weighted by atomic mass is 32.1. The van der Waals surface area contributed by atoms with Crippen LogP contribution in [0, 0.1) is 13.8 Å². The zero-order valence-electron chi connectivity index (χ0n) is 15.0. The smallest absolute Gasteiger partial charge is 0.341 e. The normalized spacial score (nSPS) is 10.2. The molecular weight excluding hydrogens is 356 g/mol. The second-order valence-corrected chi connectivity index (χ2v) is 6.65. The van der Waals surface area contributed by atoms with Crippen LogP contribution in [0.4, 0.5) is 5.00 Å². The first-order chi connectivity index (χ1) is 12.4. The lowest BCUT2D eigenvalue weighted by Crippen LogP contribution is -2.35. The molecule has 2 rings (SSSR count). The summed E-state index contributed by atoms with van der Waals surface area (Å²) in [6.07, 6.45) is 0. The number of methoxy groups -OCH3 is 2. The monoisotopic (exact) mass is 376 g/mol. The summed E-state index contributed by atoms with van der Waals surface area (Å²) >= 11 is 1.22. The molecule has 0 aliphatic carbocycles. The van der Waals surface area contributed by atoms with Gasteiger partial charge in [-0.1, -0.05) is 18.2 Å². The molecule has 0 radical (unpaired) electrons. The maximum atomic E-state index is 12.2. The third-order valence-corrected chi connectivity index (χ3v) is 4.96. The Bertz CT molecular complexity index is 844. The molecular formula is C18H20N2O5S. The zero-order valence-corrected chi connectivity index (χ0v) is 15.8. The molecule has 0 unspecified atom stereocenters. The molecule has 0 atom stereocenters. The van der Waals surface area contributed by atoms with E-state index >= 15 is 0 Å². The van der Waals surface area contributed by atoms with Crippen molar-refractivity contribution in [2.75, 3.05) is 19.5 Å². The van der Waals surface area contributed by atoms with Gasteiger partial charge in [-0.05, 0) is 25.5 Å². The molecule has 1 heterocycles. The lowest BCUT2D eigenvalue weighted by Gasteiger charge is -2.10. The van der Waals surface area contributed by atoms with Crippen molar-refractivity contribution < 1.29 is 23.9 Å². The minimum atomic E-state index is -0.855. The predicted octanol–water partition coefficient (Wildman–Crippen LogP) is 2.42. The second kappa shape index (κ2) is 8.48. The average Bonchev–Trinajstić information content (AvgIpc) is 2.92. The Morgan fingerprint density at radius 3 is 2.42 bits per heavy atom. The van der Waals surface area contributed by atoms with Crippen LogP contribution in [0.15, 0.2) is 24.3 Å². The summed E-state index contributed by atoms with van der Waals surface area (Å²) in [5, 5.41) is 5.32. The van der Waals surface area contributed by atoms with Crippen LogP contribution >= 0.6 is 11.3 Å². The van der Waals surface area contributed by atoms with E-state index in [2.05, 4.69) is 10.6 Å². The van der Waals surface area contributed by atoms with Gasteiger partial charge in [0.05, 0.1) is 19.8 Å². The van der Waals surface area contributed by atoms with E-state index in [0.29, 0.717) is 16.3 Å². The van der Waals surface area contributed by atoms with Crippen LogP contribution in [0.1, 0.15) is 26.4 Å². The Kier molecular flexibility index (Phi) is 6.35. The molecule has 7 nitrogen and oxygen atoms in total. The molecule has 0 aliphatic rings. The van der Waals surface area contributed by atoms with Crippen LogP contribution in [0.5, 0.6) is 5.75 Å². The number of hydrogen-bond donors (Lipinski definition) is 2. The fourth-order valence-corrected chi connectivity index (χ4v) is 3.37. The van der Waals surface area contributed by atoms with E-state index in [1.165, 1.54) is 25.6 Å². The summed E-state index contributed by atoms with van der Waals surface area (Å²) in [6, 6.07) is 7.18. The summed E-state index contributed by atoms with van der Waals surface area (Å²) in [6.45, 7) is 3.72. The van der Waals surface area contributed by atoms with Crippen molar-refractivity contribution >= 4 is 34.1 Å². The topological polar surface area (TPSA) is 93.7 Å². The van der Waals surface area contributed by atoms with Gasteiger partial charge in [-0.15, -0.1) is 11.3 Å². The number of thiophene rings is 1. The number of rotatable bonds is 5. The Hall–Kier alpha value is -2.87. The molecule has 0 fully saturated rings. The number of anilines is 1. The second-order valence-electron chi connectivity index (χ2n) is 5.43. The average molecular weight is 376 g/mol. The highest BCUT2D eigenvalue weighted by Crippen LogP contribution is 2.32. The number of carbonyl (C=O) groups excluding carboxylic acids is 3. The van der Waals surface area contributed by atoms with E-state index in [1.807, 2.05) is 19.1 Å². The molecule has 2 amide bonds. The summed E-state index contributed by atoms with van der Waals surface area (Å²) < 4.78 is 9.95. The molecule has 138 valence electrons. The molecule has 0 saturated heterocycles. The number of nitrogens with one attached hydrogen (secondary N) is 2. The van der Waals surface area contributed by atoms with Crippen LogP contribution in [0.25, 0.3) is 0 Å². The van der Waals surface area contributed by atoms with Crippen molar-refractivity contribution in [2.24, 2.45) is 0 Å². The lowest BCUT2D eigenvalue weighted by atomic mass is 10.1. The van der Waals surface area contributed by atoms with Gasteiger partial charge < -0.3 is 20.1 Å². The van der Waals surface area contributed by atoms with Crippen molar-refractivity contribution in [3.8, 4) is 5.75 Å². The molecule has 0 aliphatic heterocycles. The van der Waals surface area contributed by atoms with Gasteiger partial charge in [-0.3, -0.25) is 9.59 Å². The number of amides is 2. The minimum absolute atomic E-state index is 0.141. The molecule has 26 heavy (non-hydrogen) atoms. The number of ether oxygens (including phenoxy) is 2. The van der Waals surface area contributed by atoms with E-state index in [-0.39, 0.29) is 12.1 Å². The summed E-state index contributed by atoms with van der Waals surface area (Å²) in [7, 11) is 2.80. The van der Waals surface area contributed by atoms with Gasteiger partial charge in [-0.25, -0.2) is 4.79 Å². The highest BCUT2D eigenvalue weighted by molar-refractivity contribution is 7.17. The van der Waals surface area contributed by atoms with E-state index in [4.69, 9.17) is 9.47 Å². The van der Waals surface area contributed by atoms with Gasteiger partial charge in [0, 0.05) is 17.0 Å². The summed E-state index contributed by atoms with van der Waals surface area (Å²) in [5.41, 5.74) is 1.72. The summed E-state index contributed by atoms with van der Waals surface area (Å²) in [5.74, 6) is -1.61. The summed E-state index contributed by atoms with van der Waals surface area (Å²) in [4.78, 5) is 37.0. The Morgan fingerprint density at radius 2 is 1.77 bits per heavy atom. The Labute approximate surface area is 155 Å². The fourth-order valence-electron chi connectivity index (χ4n) is 2.33. The number of benzene rings is 1. The van der Waals surface area contributed by atoms with Crippen LogP contribution < -0.4 is 15.4 Å². The molecule has 0 spiro atoms. The standard InChI is InChI=1S/C18H20N2O5S/c1-10-11(2)26-17(14(10)18(23)25-4)20-16(22)15(21)19-9-12-7-5-6-8-13(12)24-3/h5-8H,9H2,1-4H3,(H,19,21)(H,20,22). The van der Waals surface area contributed by atoms with Crippen molar-refractivity contribution in [1.29, 1.82) is 0 Å². The largest absolute Gasteiger partial charge is 0.496 e. The molecule has 1 aromatic heterocycles. The van der Waals surface area contributed by atoms with Crippen molar-refractivity contribution in [1.82, 2.24) is 5.32 Å². The Balaban J connectivity index is 2.07. The van der Waals surface area contributed by atoms with Gasteiger partial charge in [0.1, 0.15) is 10.8 Å². The van der Waals surface area contributed by atoms with Crippen molar-refractivity contribution in [3.63, 3.8) is 0 Å². The lowest BCUT2D eigenvalue weighted by molar-refractivity contribution is -0.136. The maximum Gasteiger partial charge on any atom is 0.341 e. The molecule has 0 bridgehead atoms. The van der Waals surface area contributed by atoms with E-state index in [9.17, 15) is 14.4 Å². The maximum absolute atomic E-state index is 12.2. The SMILES string of the molecule is COC(=O)c1c(NC(=O)C(=O)NCc2ccccc2OC)sc(C)c1C. The zero-order chi connectivity index (χ0) is 19.3. The highest BCUT2D eigenvalue weighted by Gasteiger charge is 2.23. The van der Waals surface area contributed by atoms with Crippen molar-refractivity contribution in [3.05, 3.63) is 45.8 Å². The molecule has 8 heteroatoms. The van der Waals surface area contributed by atoms with Crippen LogP contribution in [-0.2, 0) is 20.9 Å². The number of hydrogen-bond acceptors (Lipinski definition) is 6. The molecule has 0 saturated carbocycles. The fraction of sp³-hybridized carbons (Fsp3) is 0.278. The molecule has 2 aromatic rings. The van der Waals surface area contributed by atoms with Crippen LogP contribution in [-0.4, -0.2) is 32.0 Å². The first-order valence-corrected chi connectivity index (χ1v) is 8.60. The van der Waals surface area contributed by atoms with Gasteiger partial charge in [0.2, 0.25) is 0 Å². The first kappa shape index (κ1) is 19.5. The van der Waals surface area contributed by atoms with Crippen LogP contribution in [0.2, 0.25) is 0 Å². The third-order valence-electron chi connectivity index (χ3n) is 3.84. The first-order valence-electron chi connectivity index (χ1n) is 7.78. The number of esters is 1. The van der Waals surface area contributed by atoms with E-state index in [1.54, 1.807) is 19.1 Å². The van der Waals surface area contributed by atoms with E-state index < -0.39 is 17.8 Å². The van der Waals surface area contributed by atoms with Gasteiger partial charge >= 0.3 is 17.8 Å². The van der Waals surface area contributed by atoms with Gasteiger partial charge in [0.15, 0.2) is 0 Å². The number of para-hydroxylation sites is 1. The van der Waals surface area contributed by atoms with Gasteiger partial charge in [-0.2, -0.15) is 0 Å². The minimum Gasteiger partial charge on any atom is -0.496 e. The molecule has 1 aromatic carbocycles. The predicted molar refractivity (Wildman–Crippen MR) is 98.6 cm³/mol. The number of aryl methyl sites for hydroxylation is 1. The van der Waals surface area contributed by atoms with E-state index in [0.717, 1.165) is 10.4 Å². The number of carbonyl (C=O) groups is 3. The third kappa shape index (κ3) is 4.20. The van der Waals surface area contributed by atoms with Crippen molar-refractivity contribution in [2.45, 2.75) is 20.4 Å². The molecule has 2 N–H and O–H groups in total. The quantitative estimate of drug-likeness (QED) is 0.617. The van der Waals surface area contributed by atoms with Gasteiger partial charge in [0.25, 0.3) is 0 Å². The van der Waals surface area contributed by atoms with Crippen LogP contribution in [0.3, 0.4) is 0 Å².